The lowest BCUT2D eigenvalue weighted by atomic mass is 9.84. The molecule has 3 rings (SSSR count). The lowest BCUT2D eigenvalue weighted by molar-refractivity contribution is -0.126. The third-order valence-electron chi connectivity index (χ3n) is 6.31. The number of carbonyl (C=O) groups is 3. The molecule has 0 bridgehead atoms. The van der Waals surface area contributed by atoms with Gasteiger partial charge in [0.1, 0.15) is 17.2 Å². The van der Waals surface area contributed by atoms with Gasteiger partial charge in [-0.15, -0.1) is 0 Å². The number of furan rings is 1. The molecule has 1 aliphatic heterocycles. The summed E-state index contributed by atoms with van der Waals surface area (Å²) in [6, 6.07) is 3.74. The number of carbonyl (C=O) groups excluding carboxylic acids is 3. The van der Waals surface area contributed by atoms with E-state index in [4.69, 9.17) is 9.15 Å². The molecular formula is C24H33N3O5. The standard InChI is InChI=1S/C24H33N3O5/c1-6-31-24(30)20-16(4)21(26-17(20)5)23(29)27-11-9-18(10-12-27)15(3)22(28)25-13-19-8-7-14(2)32-19/h7-8,15,18,26H,6,9-13H2,1-5H3,(H,25,28)/t15-/m1/s1. The molecular weight excluding hydrogens is 410 g/mol. The van der Waals surface area contributed by atoms with Crippen LogP contribution in [-0.2, 0) is 16.1 Å². The van der Waals surface area contributed by atoms with E-state index in [9.17, 15) is 14.4 Å². The van der Waals surface area contributed by atoms with Crippen LogP contribution in [0.4, 0.5) is 0 Å². The monoisotopic (exact) mass is 443 g/mol. The van der Waals surface area contributed by atoms with E-state index in [0.29, 0.717) is 42.1 Å². The molecule has 0 saturated carbocycles. The number of aryl methyl sites for hydroxylation is 2. The van der Waals surface area contributed by atoms with Gasteiger partial charge in [0.15, 0.2) is 0 Å². The van der Waals surface area contributed by atoms with Gasteiger partial charge in [-0.2, -0.15) is 0 Å². The highest BCUT2D eigenvalue weighted by Crippen LogP contribution is 2.27. The first-order valence-electron chi connectivity index (χ1n) is 11.2. The first-order valence-corrected chi connectivity index (χ1v) is 11.2. The van der Waals surface area contributed by atoms with Crippen molar-refractivity contribution in [3.8, 4) is 0 Å². The number of likely N-dealkylation sites (tertiary alicyclic amines) is 1. The number of hydrogen-bond acceptors (Lipinski definition) is 5. The Morgan fingerprint density at radius 3 is 2.50 bits per heavy atom. The first-order chi connectivity index (χ1) is 15.2. The average molecular weight is 444 g/mol. The molecule has 0 unspecified atom stereocenters. The maximum atomic E-state index is 13.1. The van der Waals surface area contributed by atoms with E-state index in [2.05, 4.69) is 10.3 Å². The van der Waals surface area contributed by atoms with Crippen LogP contribution >= 0.6 is 0 Å². The molecule has 0 aliphatic carbocycles. The molecule has 2 aromatic rings. The molecule has 8 nitrogen and oxygen atoms in total. The van der Waals surface area contributed by atoms with Gasteiger partial charge in [0.2, 0.25) is 5.91 Å². The quantitative estimate of drug-likeness (QED) is 0.637. The lowest BCUT2D eigenvalue weighted by Crippen LogP contribution is -2.42. The minimum Gasteiger partial charge on any atom is -0.465 e. The Hall–Kier alpha value is -3.03. The van der Waals surface area contributed by atoms with E-state index in [-0.39, 0.29) is 30.3 Å². The summed E-state index contributed by atoms with van der Waals surface area (Å²) in [5.74, 6) is 1.08. The fourth-order valence-electron chi connectivity index (χ4n) is 4.36. The molecule has 0 spiro atoms. The summed E-state index contributed by atoms with van der Waals surface area (Å²) in [7, 11) is 0. The summed E-state index contributed by atoms with van der Waals surface area (Å²) in [4.78, 5) is 42.7. The maximum absolute atomic E-state index is 13.1. The first kappa shape index (κ1) is 23.6. The third kappa shape index (κ3) is 5.06. The molecule has 3 heterocycles. The lowest BCUT2D eigenvalue weighted by Gasteiger charge is -2.34. The van der Waals surface area contributed by atoms with E-state index in [1.54, 1.807) is 25.7 Å². The number of piperidine rings is 1. The van der Waals surface area contributed by atoms with Gasteiger partial charge < -0.3 is 24.4 Å². The highest BCUT2D eigenvalue weighted by atomic mass is 16.5. The number of aromatic amines is 1. The van der Waals surface area contributed by atoms with Gasteiger partial charge in [0.05, 0.1) is 18.7 Å². The van der Waals surface area contributed by atoms with E-state index >= 15 is 0 Å². The van der Waals surface area contributed by atoms with Crippen molar-refractivity contribution in [3.05, 3.63) is 46.2 Å². The number of amides is 2. The van der Waals surface area contributed by atoms with Gasteiger partial charge in [0.25, 0.3) is 5.91 Å². The zero-order valence-corrected chi connectivity index (χ0v) is 19.5. The van der Waals surface area contributed by atoms with E-state index < -0.39 is 5.97 Å². The van der Waals surface area contributed by atoms with Gasteiger partial charge >= 0.3 is 5.97 Å². The highest BCUT2D eigenvalue weighted by molar-refractivity contribution is 6.00. The van der Waals surface area contributed by atoms with Crippen LogP contribution < -0.4 is 5.32 Å². The van der Waals surface area contributed by atoms with Crippen LogP contribution in [0.5, 0.6) is 0 Å². The Morgan fingerprint density at radius 1 is 1.22 bits per heavy atom. The van der Waals surface area contributed by atoms with Crippen molar-refractivity contribution in [2.75, 3.05) is 19.7 Å². The predicted octanol–water partition coefficient (Wildman–Crippen LogP) is 3.51. The molecule has 1 saturated heterocycles. The van der Waals surface area contributed by atoms with Crippen molar-refractivity contribution in [1.29, 1.82) is 0 Å². The molecule has 2 amide bonds. The number of aromatic nitrogens is 1. The Morgan fingerprint density at radius 2 is 1.91 bits per heavy atom. The van der Waals surface area contributed by atoms with Gasteiger partial charge in [0, 0.05) is 24.7 Å². The number of hydrogen-bond donors (Lipinski definition) is 2. The number of ether oxygens (including phenoxy) is 1. The van der Waals surface area contributed by atoms with Crippen molar-refractivity contribution >= 4 is 17.8 Å². The second kappa shape index (κ2) is 10.1. The fraction of sp³-hybridized carbons (Fsp3) is 0.542. The smallest absolute Gasteiger partial charge is 0.340 e. The summed E-state index contributed by atoms with van der Waals surface area (Å²) in [5, 5.41) is 2.94. The van der Waals surface area contributed by atoms with E-state index in [1.165, 1.54) is 0 Å². The molecule has 1 atom stereocenters. The van der Waals surface area contributed by atoms with Gasteiger partial charge in [-0.3, -0.25) is 9.59 Å². The van der Waals surface area contributed by atoms with Crippen LogP contribution in [0.25, 0.3) is 0 Å². The minimum atomic E-state index is -0.416. The molecule has 2 aromatic heterocycles. The van der Waals surface area contributed by atoms with Gasteiger partial charge in [-0.25, -0.2) is 4.79 Å². The molecule has 1 fully saturated rings. The summed E-state index contributed by atoms with van der Waals surface area (Å²) in [6.45, 7) is 10.9. The SMILES string of the molecule is CCOC(=O)c1c(C)[nH]c(C(=O)N2CCC([C@@H](C)C(=O)NCc3ccc(C)o3)CC2)c1C. The average Bonchev–Trinajstić information content (AvgIpc) is 3.33. The predicted molar refractivity (Wildman–Crippen MR) is 119 cm³/mol. The third-order valence-corrected chi connectivity index (χ3v) is 6.31. The Labute approximate surface area is 188 Å². The number of rotatable bonds is 7. The molecule has 32 heavy (non-hydrogen) atoms. The highest BCUT2D eigenvalue weighted by Gasteiger charge is 2.32. The molecule has 1 aliphatic rings. The fourth-order valence-corrected chi connectivity index (χ4v) is 4.36. The Balaban J connectivity index is 1.56. The number of H-pyrrole nitrogens is 1. The number of nitrogens with zero attached hydrogens (tertiary/aromatic N) is 1. The zero-order valence-electron chi connectivity index (χ0n) is 19.5. The van der Waals surface area contributed by atoms with Crippen molar-refractivity contribution in [1.82, 2.24) is 15.2 Å². The topological polar surface area (TPSA) is 105 Å². The van der Waals surface area contributed by atoms with Crippen molar-refractivity contribution in [2.24, 2.45) is 11.8 Å². The molecule has 2 N–H and O–H groups in total. The van der Waals surface area contributed by atoms with Crippen molar-refractivity contribution in [2.45, 2.75) is 54.0 Å². The zero-order chi connectivity index (χ0) is 23.4. The van der Waals surface area contributed by atoms with Crippen LogP contribution in [0.2, 0.25) is 0 Å². The van der Waals surface area contributed by atoms with Crippen LogP contribution in [-0.4, -0.2) is 47.4 Å². The number of nitrogens with one attached hydrogen (secondary N) is 2. The van der Waals surface area contributed by atoms with Crippen LogP contribution in [0.1, 0.15) is 70.3 Å². The second-order valence-electron chi connectivity index (χ2n) is 8.49. The van der Waals surface area contributed by atoms with Gasteiger partial charge in [-0.1, -0.05) is 6.92 Å². The minimum absolute atomic E-state index is 0.00116. The van der Waals surface area contributed by atoms with E-state index in [0.717, 1.165) is 24.4 Å². The van der Waals surface area contributed by atoms with Crippen LogP contribution in [0, 0.1) is 32.6 Å². The number of esters is 1. The normalized spacial score (nSPS) is 15.5. The molecule has 0 radical (unpaired) electrons. The van der Waals surface area contributed by atoms with E-state index in [1.807, 2.05) is 26.0 Å². The molecule has 8 heteroatoms. The van der Waals surface area contributed by atoms with Crippen LogP contribution in [0.3, 0.4) is 0 Å². The van der Waals surface area contributed by atoms with Gasteiger partial charge in [-0.05, 0) is 64.2 Å². The maximum Gasteiger partial charge on any atom is 0.340 e. The van der Waals surface area contributed by atoms with Crippen molar-refractivity contribution in [3.63, 3.8) is 0 Å². The summed E-state index contributed by atoms with van der Waals surface area (Å²) in [5.41, 5.74) is 2.12. The summed E-state index contributed by atoms with van der Waals surface area (Å²) in [6.07, 6.45) is 1.51. The molecule has 0 aromatic carbocycles. The van der Waals surface area contributed by atoms with Crippen molar-refractivity contribution < 1.29 is 23.5 Å². The second-order valence-corrected chi connectivity index (χ2v) is 8.49. The molecule has 174 valence electrons. The summed E-state index contributed by atoms with van der Waals surface area (Å²) < 4.78 is 10.6. The largest absolute Gasteiger partial charge is 0.465 e. The Bertz CT molecular complexity index is 982. The Kier molecular flexibility index (Phi) is 7.43. The summed E-state index contributed by atoms with van der Waals surface area (Å²) >= 11 is 0. The van der Waals surface area contributed by atoms with Crippen LogP contribution in [0.15, 0.2) is 16.5 Å².